The Morgan fingerprint density at radius 2 is 1.73 bits per heavy atom. The van der Waals surface area contributed by atoms with Crippen LogP contribution in [0.3, 0.4) is 0 Å². The number of aromatic nitrogens is 2. The molecule has 0 saturated carbocycles. The lowest BCUT2D eigenvalue weighted by Gasteiger charge is -2.13. The van der Waals surface area contributed by atoms with E-state index < -0.39 is 17.6 Å². The SMILES string of the molecule is COc1ccc(NC(=O)c2cc(-c3ccccc3)nc3onc(C)c23)cc1NC(=O)c1cccc(F)c1. The number of hydrogen-bond acceptors (Lipinski definition) is 6. The number of rotatable bonds is 6. The van der Waals surface area contributed by atoms with Crippen molar-refractivity contribution >= 4 is 34.3 Å². The van der Waals surface area contributed by atoms with Crippen molar-refractivity contribution in [2.45, 2.75) is 6.92 Å². The smallest absolute Gasteiger partial charge is 0.259 e. The number of fused-ring (bicyclic) bond motifs is 1. The highest BCUT2D eigenvalue weighted by Crippen LogP contribution is 2.31. The number of methoxy groups -OCH3 is 1. The molecule has 0 saturated heterocycles. The maximum absolute atomic E-state index is 13.6. The van der Waals surface area contributed by atoms with Gasteiger partial charge in [0.1, 0.15) is 11.6 Å². The summed E-state index contributed by atoms with van der Waals surface area (Å²) in [4.78, 5) is 30.6. The molecule has 0 bridgehead atoms. The van der Waals surface area contributed by atoms with Crippen LogP contribution in [0.1, 0.15) is 26.4 Å². The summed E-state index contributed by atoms with van der Waals surface area (Å²) in [5.74, 6) is -1.09. The monoisotopic (exact) mass is 496 g/mol. The lowest BCUT2D eigenvalue weighted by atomic mass is 10.0. The molecule has 0 fully saturated rings. The minimum Gasteiger partial charge on any atom is -0.495 e. The zero-order valence-corrected chi connectivity index (χ0v) is 19.9. The summed E-state index contributed by atoms with van der Waals surface area (Å²) in [7, 11) is 1.46. The summed E-state index contributed by atoms with van der Waals surface area (Å²) >= 11 is 0. The van der Waals surface area contributed by atoms with Crippen molar-refractivity contribution in [3.8, 4) is 17.0 Å². The Bertz CT molecular complexity index is 1630. The number of pyridine rings is 1. The first kappa shape index (κ1) is 23.7. The van der Waals surface area contributed by atoms with Gasteiger partial charge in [0.15, 0.2) is 0 Å². The number of carbonyl (C=O) groups excluding carboxylic acids is 2. The first-order chi connectivity index (χ1) is 17.9. The van der Waals surface area contributed by atoms with Crippen LogP contribution >= 0.6 is 0 Å². The predicted molar refractivity (Wildman–Crippen MR) is 137 cm³/mol. The van der Waals surface area contributed by atoms with E-state index in [4.69, 9.17) is 9.26 Å². The number of nitrogens with zero attached hydrogens (tertiary/aromatic N) is 2. The number of aryl methyl sites for hydroxylation is 1. The molecule has 0 aliphatic carbocycles. The van der Waals surface area contributed by atoms with E-state index >= 15 is 0 Å². The molecule has 184 valence electrons. The summed E-state index contributed by atoms with van der Waals surface area (Å²) in [5, 5.41) is 10.0. The van der Waals surface area contributed by atoms with Gasteiger partial charge in [-0.25, -0.2) is 9.37 Å². The number of carbonyl (C=O) groups is 2. The Morgan fingerprint density at radius 3 is 2.49 bits per heavy atom. The highest BCUT2D eigenvalue weighted by atomic mass is 19.1. The largest absolute Gasteiger partial charge is 0.495 e. The van der Waals surface area contributed by atoms with Crippen LogP contribution < -0.4 is 15.4 Å². The van der Waals surface area contributed by atoms with E-state index in [0.29, 0.717) is 39.5 Å². The summed E-state index contributed by atoms with van der Waals surface area (Å²) in [6.45, 7) is 1.74. The molecule has 0 radical (unpaired) electrons. The molecule has 5 aromatic rings. The molecular formula is C28H21FN4O4. The van der Waals surface area contributed by atoms with Crippen molar-refractivity contribution in [3.63, 3.8) is 0 Å². The fraction of sp³-hybridized carbons (Fsp3) is 0.0714. The normalized spacial score (nSPS) is 10.8. The van der Waals surface area contributed by atoms with Gasteiger partial charge in [0.05, 0.1) is 35.1 Å². The lowest BCUT2D eigenvalue weighted by Crippen LogP contribution is -2.15. The molecular weight excluding hydrogens is 475 g/mol. The molecule has 9 heteroatoms. The fourth-order valence-electron chi connectivity index (χ4n) is 3.94. The number of anilines is 2. The minimum absolute atomic E-state index is 0.145. The first-order valence-corrected chi connectivity index (χ1v) is 11.3. The van der Waals surface area contributed by atoms with Crippen molar-refractivity contribution in [2.24, 2.45) is 0 Å². The Hall–Kier alpha value is -5.05. The van der Waals surface area contributed by atoms with Gasteiger partial charge in [-0.05, 0) is 49.4 Å². The molecule has 0 aliphatic heterocycles. The van der Waals surface area contributed by atoms with Crippen molar-refractivity contribution in [3.05, 3.63) is 102 Å². The van der Waals surface area contributed by atoms with Crippen LogP contribution in [0.4, 0.5) is 15.8 Å². The van der Waals surface area contributed by atoms with Crippen molar-refractivity contribution in [1.29, 1.82) is 0 Å². The Balaban J connectivity index is 1.47. The van der Waals surface area contributed by atoms with Crippen molar-refractivity contribution in [1.82, 2.24) is 10.1 Å². The molecule has 2 heterocycles. The molecule has 0 aliphatic rings. The Kier molecular flexibility index (Phi) is 6.34. The van der Waals surface area contributed by atoms with E-state index in [2.05, 4.69) is 20.8 Å². The highest BCUT2D eigenvalue weighted by molar-refractivity contribution is 6.13. The van der Waals surface area contributed by atoms with Gasteiger partial charge in [-0.1, -0.05) is 41.6 Å². The topological polar surface area (TPSA) is 106 Å². The second kappa shape index (κ2) is 9.90. The van der Waals surface area contributed by atoms with Crippen LogP contribution in [0.2, 0.25) is 0 Å². The van der Waals surface area contributed by atoms with E-state index in [-0.39, 0.29) is 11.3 Å². The first-order valence-electron chi connectivity index (χ1n) is 11.3. The minimum atomic E-state index is -0.525. The number of halogens is 1. The van der Waals surface area contributed by atoms with Crippen LogP contribution in [0.5, 0.6) is 5.75 Å². The number of hydrogen-bond donors (Lipinski definition) is 2. The van der Waals surface area contributed by atoms with Gasteiger partial charge in [0, 0.05) is 16.8 Å². The summed E-state index contributed by atoms with van der Waals surface area (Å²) < 4.78 is 24.3. The van der Waals surface area contributed by atoms with Crippen LogP contribution in [0, 0.1) is 12.7 Å². The van der Waals surface area contributed by atoms with E-state index in [1.165, 1.54) is 25.3 Å². The average Bonchev–Trinajstić information content (AvgIpc) is 3.29. The van der Waals surface area contributed by atoms with Gasteiger partial charge < -0.3 is 19.9 Å². The van der Waals surface area contributed by atoms with Gasteiger partial charge in [-0.2, -0.15) is 0 Å². The predicted octanol–water partition coefficient (Wildman–Crippen LogP) is 5.85. The molecule has 0 atom stereocenters. The van der Waals surface area contributed by atoms with Crippen molar-refractivity contribution in [2.75, 3.05) is 17.7 Å². The van der Waals surface area contributed by atoms with E-state index in [9.17, 15) is 14.0 Å². The summed E-state index contributed by atoms with van der Waals surface area (Å²) in [6, 6.07) is 21.3. The lowest BCUT2D eigenvalue weighted by molar-refractivity contribution is 0.102. The van der Waals surface area contributed by atoms with Crippen molar-refractivity contribution < 1.29 is 23.2 Å². The second-order valence-corrected chi connectivity index (χ2v) is 8.20. The Labute approximate surface area is 211 Å². The standard InChI is InChI=1S/C28H21FN4O4/c1-16-25-21(15-22(32-28(25)37-33-16)17-7-4-3-5-8-17)27(35)30-20-11-12-24(36-2)23(14-20)31-26(34)18-9-6-10-19(29)13-18/h3-15H,1-2H3,(H,30,35)(H,31,34). The van der Waals surface area contributed by atoms with Gasteiger partial charge in [0.2, 0.25) is 0 Å². The van der Waals surface area contributed by atoms with Crippen LogP contribution in [-0.2, 0) is 0 Å². The third-order valence-electron chi connectivity index (χ3n) is 5.72. The molecule has 3 aromatic carbocycles. The molecule has 0 unspecified atom stereocenters. The zero-order chi connectivity index (χ0) is 25.9. The van der Waals surface area contributed by atoms with Gasteiger partial charge in [-0.3, -0.25) is 9.59 Å². The molecule has 2 N–H and O–H groups in total. The van der Waals surface area contributed by atoms with E-state index in [1.807, 2.05) is 30.3 Å². The number of benzene rings is 3. The number of nitrogens with one attached hydrogen (secondary N) is 2. The van der Waals surface area contributed by atoms with Gasteiger partial charge >= 0.3 is 0 Å². The highest BCUT2D eigenvalue weighted by Gasteiger charge is 2.20. The van der Waals surface area contributed by atoms with Gasteiger partial charge in [0.25, 0.3) is 17.5 Å². The molecule has 37 heavy (non-hydrogen) atoms. The number of ether oxygens (including phenoxy) is 1. The third-order valence-corrected chi connectivity index (χ3v) is 5.72. The summed E-state index contributed by atoms with van der Waals surface area (Å²) in [5.41, 5.74) is 3.36. The maximum Gasteiger partial charge on any atom is 0.259 e. The Morgan fingerprint density at radius 1 is 0.919 bits per heavy atom. The molecule has 8 nitrogen and oxygen atoms in total. The molecule has 5 rings (SSSR count). The quantitative estimate of drug-likeness (QED) is 0.305. The third kappa shape index (κ3) is 4.87. The van der Waals surface area contributed by atoms with Crippen LogP contribution in [0.15, 0.2) is 83.4 Å². The molecule has 2 aromatic heterocycles. The van der Waals surface area contributed by atoms with E-state index in [0.717, 1.165) is 11.6 Å². The maximum atomic E-state index is 13.6. The molecule has 0 spiro atoms. The summed E-state index contributed by atoms with van der Waals surface area (Å²) in [6.07, 6.45) is 0. The zero-order valence-electron chi connectivity index (χ0n) is 19.9. The van der Waals surface area contributed by atoms with Gasteiger partial charge in [-0.15, -0.1) is 0 Å². The fourth-order valence-corrected chi connectivity index (χ4v) is 3.94. The average molecular weight is 496 g/mol. The van der Waals surface area contributed by atoms with Crippen LogP contribution in [-0.4, -0.2) is 29.1 Å². The van der Waals surface area contributed by atoms with Crippen LogP contribution in [0.25, 0.3) is 22.4 Å². The van der Waals surface area contributed by atoms with E-state index in [1.54, 1.807) is 31.2 Å². The second-order valence-electron chi connectivity index (χ2n) is 8.20. The number of amides is 2. The molecule has 2 amide bonds.